The third-order valence-corrected chi connectivity index (χ3v) is 7.01. The molecule has 0 fully saturated rings. The lowest BCUT2D eigenvalue weighted by Crippen LogP contribution is -2.35. The molecule has 5 rings (SSSR count). The van der Waals surface area contributed by atoms with Gasteiger partial charge in [-0.3, -0.25) is 10.2 Å². The van der Waals surface area contributed by atoms with Crippen LogP contribution in [0.2, 0.25) is 0 Å². The third kappa shape index (κ3) is 3.29. The summed E-state index contributed by atoms with van der Waals surface area (Å²) in [6.07, 6.45) is 2.55. The van der Waals surface area contributed by atoms with Gasteiger partial charge in [-0.15, -0.1) is 0 Å². The zero-order valence-corrected chi connectivity index (χ0v) is 19.0. The van der Waals surface area contributed by atoms with Gasteiger partial charge < -0.3 is 4.57 Å². The molecular formula is C25H23N5OS. The number of hydrazone groups is 1. The van der Waals surface area contributed by atoms with Gasteiger partial charge in [-0.2, -0.15) is 15.1 Å². The first kappa shape index (κ1) is 20.5. The van der Waals surface area contributed by atoms with Crippen molar-refractivity contribution in [2.45, 2.75) is 33.7 Å². The smallest absolute Gasteiger partial charge is 0.283 e. The highest BCUT2D eigenvalue weighted by molar-refractivity contribution is 8.26. The monoisotopic (exact) mass is 441 g/mol. The molecule has 0 atom stereocenters. The van der Waals surface area contributed by atoms with E-state index in [1.807, 2.05) is 25.1 Å². The number of amidine groups is 2. The molecule has 7 heteroatoms. The van der Waals surface area contributed by atoms with E-state index in [1.54, 1.807) is 6.08 Å². The van der Waals surface area contributed by atoms with Crippen LogP contribution < -0.4 is 0 Å². The Labute approximate surface area is 190 Å². The predicted octanol–water partition coefficient (Wildman–Crippen LogP) is 5.34. The van der Waals surface area contributed by atoms with Crippen molar-refractivity contribution >= 4 is 50.7 Å². The second-order valence-corrected chi connectivity index (χ2v) is 8.94. The van der Waals surface area contributed by atoms with Crippen LogP contribution in [0.1, 0.15) is 35.7 Å². The van der Waals surface area contributed by atoms with Gasteiger partial charge in [0.05, 0.1) is 5.57 Å². The van der Waals surface area contributed by atoms with E-state index in [1.165, 1.54) is 27.9 Å². The molecule has 2 aromatic carbocycles. The van der Waals surface area contributed by atoms with Gasteiger partial charge >= 0.3 is 0 Å². The summed E-state index contributed by atoms with van der Waals surface area (Å²) < 4.78 is 2.27. The fourth-order valence-corrected chi connectivity index (χ4v) is 4.95. The number of carbonyl (C=O) groups excluding carboxylic acids is 1. The van der Waals surface area contributed by atoms with Crippen molar-refractivity contribution in [1.82, 2.24) is 9.58 Å². The Hall–Kier alpha value is -3.45. The van der Waals surface area contributed by atoms with Gasteiger partial charge in [-0.1, -0.05) is 49.4 Å². The molecule has 0 spiro atoms. The van der Waals surface area contributed by atoms with E-state index in [-0.39, 0.29) is 11.4 Å². The summed E-state index contributed by atoms with van der Waals surface area (Å²) in [5, 5.41) is 16.9. The maximum Gasteiger partial charge on any atom is 0.283 e. The molecular weight excluding hydrogens is 418 g/mol. The van der Waals surface area contributed by atoms with Crippen LogP contribution in [0.25, 0.3) is 17.0 Å². The number of thioether (sulfide) groups is 1. The molecule has 32 heavy (non-hydrogen) atoms. The van der Waals surface area contributed by atoms with E-state index < -0.39 is 5.91 Å². The topological polar surface area (TPSA) is 73.8 Å². The van der Waals surface area contributed by atoms with Crippen molar-refractivity contribution in [3.63, 3.8) is 0 Å². The number of nitrogens with one attached hydrogen (secondary N) is 1. The lowest BCUT2D eigenvalue weighted by Gasteiger charge is -2.20. The summed E-state index contributed by atoms with van der Waals surface area (Å²) in [6.45, 7) is 6.92. The Kier molecular flexibility index (Phi) is 5.06. The summed E-state index contributed by atoms with van der Waals surface area (Å²) in [6, 6.07) is 16.6. The highest BCUT2D eigenvalue weighted by atomic mass is 32.2. The number of carbonyl (C=O) groups is 1. The largest absolute Gasteiger partial charge is 0.340 e. The van der Waals surface area contributed by atoms with Gasteiger partial charge in [0.25, 0.3) is 5.91 Å². The van der Waals surface area contributed by atoms with Gasteiger partial charge in [0.2, 0.25) is 5.17 Å². The molecule has 1 aromatic heterocycles. The standard InChI is InChI=1S/C25H23N5OS/c1-4-22-28-30-23(26)20(24(31)27-25(30)32-22)13-19-16(3)29(21-12-8-7-11-18(19)21)14-17-10-6-5-9-15(17)2/h5-13,26H,4,14H2,1-3H3. The van der Waals surface area contributed by atoms with Crippen molar-refractivity contribution in [2.75, 3.05) is 0 Å². The zero-order valence-electron chi connectivity index (χ0n) is 18.2. The normalized spacial score (nSPS) is 17.2. The molecule has 0 bridgehead atoms. The van der Waals surface area contributed by atoms with Crippen LogP contribution in [0.4, 0.5) is 0 Å². The number of amides is 1. The van der Waals surface area contributed by atoms with E-state index in [4.69, 9.17) is 5.41 Å². The van der Waals surface area contributed by atoms with E-state index in [9.17, 15) is 4.79 Å². The van der Waals surface area contributed by atoms with Crippen molar-refractivity contribution in [3.05, 3.63) is 76.5 Å². The highest BCUT2D eigenvalue weighted by Crippen LogP contribution is 2.33. The Balaban J connectivity index is 1.63. The fourth-order valence-electron chi connectivity index (χ4n) is 4.12. The van der Waals surface area contributed by atoms with Crippen LogP contribution in [-0.2, 0) is 11.3 Å². The number of hydrogen-bond acceptors (Lipinski definition) is 4. The Morgan fingerprint density at radius 1 is 1.09 bits per heavy atom. The Morgan fingerprint density at radius 2 is 1.84 bits per heavy atom. The van der Waals surface area contributed by atoms with Crippen LogP contribution >= 0.6 is 11.8 Å². The summed E-state index contributed by atoms with van der Waals surface area (Å²) in [5.41, 5.74) is 5.84. The van der Waals surface area contributed by atoms with Crippen LogP contribution in [0.3, 0.4) is 0 Å². The number of aryl methyl sites for hydroxylation is 1. The average molecular weight is 442 g/mol. The zero-order chi connectivity index (χ0) is 22.4. The molecule has 2 aliphatic heterocycles. The van der Waals surface area contributed by atoms with Crippen molar-refractivity contribution in [2.24, 2.45) is 10.1 Å². The number of aliphatic imine (C=N–C) groups is 1. The molecule has 3 aromatic rings. The van der Waals surface area contributed by atoms with Crippen molar-refractivity contribution < 1.29 is 4.79 Å². The lowest BCUT2D eigenvalue weighted by atomic mass is 10.1. The molecule has 0 unspecified atom stereocenters. The van der Waals surface area contributed by atoms with Crippen LogP contribution in [0.5, 0.6) is 0 Å². The van der Waals surface area contributed by atoms with Crippen LogP contribution in [0, 0.1) is 19.3 Å². The summed E-state index contributed by atoms with van der Waals surface area (Å²) in [7, 11) is 0. The number of benzene rings is 2. The van der Waals surface area contributed by atoms with E-state index >= 15 is 0 Å². The first-order valence-electron chi connectivity index (χ1n) is 10.6. The molecule has 1 amide bonds. The summed E-state index contributed by atoms with van der Waals surface area (Å²) >= 11 is 1.36. The molecule has 3 heterocycles. The number of para-hydroxylation sites is 1. The first-order valence-corrected chi connectivity index (χ1v) is 11.4. The van der Waals surface area contributed by atoms with Gasteiger partial charge in [0.1, 0.15) is 5.04 Å². The molecule has 1 N–H and O–H groups in total. The number of aromatic nitrogens is 1. The SMILES string of the molecule is CCC1=NN2C(=N)C(=Cc3c(C)n(Cc4ccccc4C)c4ccccc34)C(=O)N=C2S1. The van der Waals surface area contributed by atoms with Gasteiger partial charge in [0, 0.05) is 28.7 Å². The molecule has 2 aliphatic rings. The highest BCUT2D eigenvalue weighted by Gasteiger charge is 2.35. The maximum absolute atomic E-state index is 12.8. The second-order valence-electron chi connectivity index (χ2n) is 7.90. The Morgan fingerprint density at radius 3 is 2.62 bits per heavy atom. The van der Waals surface area contributed by atoms with Crippen molar-refractivity contribution in [3.8, 4) is 0 Å². The van der Waals surface area contributed by atoms with Crippen molar-refractivity contribution in [1.29, 1.82) is 5.41 Å². The summed E-state index contributed by atoms with van der Waals surface area (Å²) in [4.78, 5) is 17.0. The maximum atomic E-state index is 12.8. The third-order valence-electron chi connectivity index (χ3n) is 5.96. The molecule has 0 saturated heterocycles. The number of hydrogen-bond donors (Lipinski definition) is 1. The van der Waals surface area contributed by atoms with Gasteiger partial charge in [-0.05, 0) is 55.3 Å². The van der Waals surface area contributed by atoms with Crippen LogP contribution in [-0.4, -0.2) is 31.5 Å². The summed E-state index contributed by atoms with van der Waals surface area (Å²) in [5.74, 6) is -0.317. The van der Waals surface area contributed by atoms with Gasteiger partial charge in [0.15, 0.2) is 5.84 Å². The molecule has 0 aliphatic carbocycles. The number of rotatable bonds is 4. The fraction of sp³-hybridized carbons (Fsp3) is 0.200. The number of nitrogens with zero attached hydrogens (tertiary/aromatic N) is 4. The average Bonchev–Trinajstić information content (AvgIpc) is 3.32. The van der Waals surface area contributed by atoms with E-state index in [0.717, 1.165) is 40.2 Å². The predicted molar refractivity (Wildman–Crippen MR) is 132 cm³/mol. The minimum atomic E-state index is -0.392. The Bertz CT molecular complexity index is 1380. The lowest BCUT2D eigenvalue weighted by molar-refractivity contribution is -0.114. The molecule has 160 valence electrons. The molecule has 0 saturated carbocycles. The minimum absolute atomic E-state index is 0.0751. The second kappa shape index (κ2) is 7.91. The quantitative estimate of drug-likeness (QED) is 0.556. The van der Waals surface area contributed by atoms with Gasteiger partial charge in [-0.25, -0.2) is 0 Å². The first-order chi connectivity index (χ1) is 15.5. The number of fused-ring (bicyclic) bond motifs is 2. The molecule has 6 nitrogen and oxygen atoms in total. The van der Waals surface area contributed by atoms with Crippen LogP contribution in [0.15, 0.2) is 64.2 Å². The van der Waals surface area contributed by atoms with E-state index in [0.29, 0.717) is 5.17 Å². The minimum Gasteiger partial charge on any atom is -0.340 e. The van der Waals surface area contributed by atoms with E-state index in [2.05, 4.69) is 58.8 Å². The molecule has 0 radical (unpaired) electrons.